The van der Waals surface area contributed by atoms with Gasteiger partial charge in [0.25, 0.3) is 11.8 Å². The number of carbonyl (C=O) groups is 2. The zero-order chi connectivity index (χ0) is 26.6. The number of halogens is 4. The summed E-state index contributed by atoms with van der Waals surface area (Å²) in [4.78, 5) is 27.8. The topological polar surface area (TPSA) is 67.9 Å². The van der Waals surface area contributed by atoms with Crippen molar-refractivity contribution in [3.05, 3.63) is 95.3 Å². The molecule has 0 aromatic heterocycles. The second-order valence-electron chi connectivity index (χ2n) is 8.53. The molecule has 1 aliphatic heterocycles. The normalized spacial score (nSPS) is 17.7. The Balaban J connectivity index is 1.56. The number of amides is 2. The Morgan fingerprint density at radius 1 is 0.973 bits per heavy atom. The molecule has 0 bridgehead atoms. The summed E-state index contributed by atoms with van der Waals surface area (Å²) < 4.78 is 61.6. The van der Waals surface area contributed by atoms with Gasteiger partial charge in [0.1, 0.15) is 5.75 Å². The van der Waals surface area contributed by atoms with E-state index in [0.29, 0.717) is 6.42 Å². The third-order valence-electron chi connectivity index (χ3n) is 6.20. The standard InChI is InChI=1S/C27H24F4N2O4/c1-36-24-12-11-18(15-21(24)28)26(35)33-14-13-22(20(16-33)17-7-3-2-4-8-17)32-25(34)19-9-5-6-10-23(19)37-27(29,30)31/h2-12,15,20,22H,13-14,16H2,1H3,(H,32,34)/t20-,22-/m1/s1. The van der Waals surface area contributed by atoms with Crippen LogP contribution in [-0.4, -0.2) is 49.3 Å². The minimum Gasteiger partial charge on any atom is -0.494 e. The molecule has 10 heteroatoms. The molecule has 2 atom stereocenters. The van der Waals surface area contributed by atoms with Crippen LogP contribution >= 0.6 is 0 Å². The Bertz CT molecular complexity index is 1270. The molecule has 2 amide bonds. The van der Waals surface area contributed by atoms with Crippen molar-refractivity contribution in [3.63, 3.8) is 0 Å². The predicted octanol–water partition coefficient (Wildman–Crippen LogP) is 5.16. The van der Waals surface area contributed by atoms with Gasteiger partial charge in [-0.15, -0.1) is 13.2 Å². The Hall–Kier alpha value is -4.08. The Morgan fingerprint density at radius 2 is 1.68 bits per heavy atom. The molecule has 0 saturated carbocycles. The van der Waals surface area contributed by atoms with Crippen molar-refractivity contribution in [2.75, 3.05) is 20.2 Å². The number of para-hydroxylation sites is 1. The van der Waals surface area contributed by atoms with Crippen LogP contribution in [-0.2, 0) is 0 Å². The number of hydrogen-bond acceptors (Lipinski definition) is 4. The molecule has 3 aromatic rings. The van der Waals surface area contributed by atoms with E-state index in [1.165, 1.54) is 37.4 Å². The van der Waals surface area contributed by atoms with Gasteiger partial charge in [0.15, 0.2) is 11.6 Å². The van der Waals surface area contributed by atoms with E-state index in [9.17, 15) is 27.2 Å². The van der Waals surface area contributed by atoms with Crippen LogP contribution in [0.4, 0.5) is 17.6 Å². The highest BCUT2D eigenvalue weighted by atomic mass is 19.4. The fourth-order valence-corrected chi connectivity index (χ4v) is 4.44. The zero-order valence-corrected chi connectivity index (χ0v) is 19.8. The Morgan fingerprint density at radius 3 is 2.35 bits per heavy atom. The number of hydrogen-bond donors (Lipinski definition) is 1. The van der Waals surface area contributed by atoms with Crippen molar-refractivity contribution in [2.45, 2.75) is 24.7 Å². The minimum atomic E-state index is -4.95. The molecule has 1 fully saturated rings. The van der Waals surface area contributed by atoms with Gasteiger partial charge < -0.3 is 19.7 Å². The molecular weight excluding hydrogens is 492 g/mol. The first kappa shape index (κ1) is 26.0. The molecule has 194 valence electrons. The SMILES string of the molecule is COc1ccc(C(=O)N2CC[C@@H](NC(=O)c3ccccc3OC(F)(F)F)[C@@H](c3ccccc3)C2)cc1F. The number of nitrogens with zero attached hydrogens (tertiary/aromatic N) is 1. The van der Waals surface area contributed by atoms with E-state index in [1.54, 1.807) is 4.90 Å². The first-order valence-electron chi connectivity index (χ1n) is 11.5. The number of carbonyl (C=O) groups excluding carboxylic acids is 2. The first-order chi connectivity index (χ1) is 17.7. The second kappa shape index (κ2) is 10.9. The quantitative estimate of drug-likeness (QED) is 0.460. The van der Waals surface area contributed by atoms with Gasteiger partial charge in [0, 0.05) is 30.6 Å². The van der Waals surface area contributed by atoms with E-state index >= 15 is 0 Å². The molecule has 0 unspecified atom stereocenters. The predicted molar refractivity (Wildman–Crippen MR) is 127 cm³/mol. The molecule has 3 aromatic carbocycles. The minimum absolute atomic E-state index is 0.0231. The smallest absolute Gasteiger partial charge is 0.494 e. The summed E-state index contributed by atoms with van der Waals surface area (Å²) in [7, 11) is 1.33. The van der Waals surface area contributed by atoms with Crippen molar-refractivity contribution >= 4 is 11.8 Å². The average Bonchev–Trinajstić information content (AvgIpc) is 2.88. The molecule has 37 heavy (non-hydrogen) atoms. The first-order valence-corrected chi connectivity index (χ1v) is 11.5. The summed E-state index contributed by atoms with van der Waals surface area (Å²) in [6.07, 6.45) is -4.62. The number of alkyl halides is 3. The number of methoxy groups -OCH3 is 1. The van der Waals surface area contributed by atoms with Gasteiger partial charge in [0.2, 0.25) is 0 Å². The number of rotatable bonds is 6. The van der Waals surface area contributed by atoms with Crippen molar-refractivity contribution in [1.29, 1.82) is 0 Å². The van der Waals surface area contributed by atoms with Crippen LogP contribution in [0.2, 0.25) is 0 Å². The van der Waals surface area contributed by atoms with Crippen LogP contribution in [0.3, 0.4) is 0 Å². The molecule has 1 heterocycles. The second-order valence-corrected chi connectivity index (χ2v) is 8.53. The average molecular weight is 516 g/mol. The van der Waals surface area contributed by atoms with Crippen LogP contribution in [0.1, 0.15) is 38.6 Å². The van der Waals surface area contributed by atoms with Gasteiger partial charge in [-0.3, -0.25) is 9.59 Å². The van der Waals surface area contributed by atoms with Gasteiger partial charge in [-0.1, -0.05) is 42.5 Å². The molecule has 0 aliphatic carbocycles. The Kier molecular flexibility index (Phi) is 7.66. The van der Waals surface area contributed by atoms with Gasteiger partial charge in [-0.2, -0.15) is 0 Å². The van der Waals surface area contributed by atoms with E-state index in [1.807, 2.05) is 30.3 Å². The third-order valence-corrected chi connectivity index (χ3v) is 6.20. The molecule has 6 nitrogen and oxygen atoms in total. The molecular formula is C27H24F4N2O4. The van der Waals surface area contributed by atoms with Crippen molar-refractivity contribution < 1.29 is 36.6 Å². The molecule has 1 aliphatic rings. The van der Waals surface area contributed by atoms with Crippen molar-refractivity contribution in [2.24, 2.45) is 0 Å². The molecule has 0 radical (unpaired) electrons. The molecule has 1 N–H and O–H groups in total. The number of benzene rings is 3. The fraction of sp³-hybridized carbons (Fsp3) is 0.259. The lowest BCUT2D eigenvalue weighted by Gasteiger charge is -2.39. The van der Waals surface area contributed by atoms with Crippen LogP contribution < -0.4 is 14.8 Å². The van der Waals surface area contributed by atoms with E-state index in [0.717, 1.165) is 17.7 Å². The summed E-state index contributed by atoms with van der Waals surface area (Å²) >= 11 is 0. The fourth-order valence-electron chi connectivity index (χ4n) is 4.44. The van der Waals surface area contributed by atoms with E-state index in [2.05, 4.69) is 10.1 Å². The van der Waals surface area contributed by atoms with E-state index in [4.69, 9.17) is 4.74 Å². The summed E-state index contributed by atoms with van der Waals surface area (Å²) in [6.45, 7) is 0.462. The number of nitrogens with one attached hydrogen (secondary N) is 1. The van der Waals surface area contributed by atoms with Gasteiger partial charge in [-0.05, 0) is 42.3 Å². The molecule has 4 rings (SSSR count). The summed E-state index contributed by atoms with van der Waals surface area (Å²) in [6, 6.07) is 17.8. The maximum absolute atomic E-state index is 14.2. The van der Waals surface area contributed by atoms with Crippen LogP contribution in [0.15, 0.2) is 72.8 Å². The lowest BCUT2D eigenvalue weighted by atomic mass is 9.85. The highest BCUT2D eigenvalue weighted by Crippen LogP contribution is 2.31. The number of likely N-dealkylation sites (tertiary alicyclic amines) is 1. The van der Waals surface area contributed by atoms with Crippen LogP contribution in [0.25, 0.3) is 0 Å². The van der Waals surface area contributed by atoms with Gasteiger partial charge in [0.05, 0.1) is 12.7 Å². The van der Waals surface area contributed by atoms with Crippen molar-refractivity contribution in [3.8, 4) is 11.5 Å². The highest BCUT2D eigenvalue weighted by Gasteiger charge is 2.36. The lowest BCUT2D eigenvalue weighted by molar-refractivity contribution is -0.274. The summed E-state index contributed by atoms with van der Waals surface area (Å²) in [5, 5.41) is 2.83. The van der Waals surface area contributed by atoms with Crippen LogP contribution in [0, 0.1) is 5.82 Å². The van der Waals surface area contributed by atoms with Gasteiger partial charge in [-0.25, -0.2) is 4.39 Å². The number of piperidine rings is 1. The summed E-state index contributed by atoms with van der Waals surface area (Å²) in [5.41, 5.74) is 0.746. The van der Waals surface area contributed by atoms with E-state index < -0.39 is 29.9 Å². The molecule has 1 saturated heterocycles. The van der Waals surface area contributed by atoms with Crippen molar-refractivity contribution in [1.82, 2.24) is 10.2 Å². The number of ether oxygens (including phenoxy) is 2. The maximum Gasteiger partial charge on any atom is 0.573 e. The monoisotopic (exact) mass is 516 g/mol. The third kappa shape index (κ3) is 6.19. The Labute approximate surface area is 210 Å². The zero-order valence-electron chi connectivity index (χ0n) is 19.8. The van der Waals surface area contributed by atoms with Crippen LogP contribution in [0.5, 0.6) is 11.5 Å². The largest absolute Gasteiger partial charge is 0.573 e. The highest BCUT2D eigenvalue weighted by molar-refractivity contribution is 5.97. The summed E-state index contributed by atoms with van der Waals surface area (Å²) in [5.74, 6) is -2.69. The maximum atomic E-state index is 14.2. The van der Waals surface area contributed by atoms with E-state index in [-0.39, 0.29) is 41.8 Å². The lowest BCUT2D eigenvalue weighted by Crippen LogP contribution is -2.51. The molecule has 0 spiro atoms. The van der Waals surface area contributed by atoms with Gasteiger partial charge >= 0.3 is 6.36 Å².